The van der Waals surface area contributed by atoms with Crippen molar-refractivity contribution in [2.45, 2.75) is 32.7 Å². The summed E-state index contributed by atoms with van der Waals surface area (Å²) in [5.41, 5.74) is 7.72. The number of hydrogen-bond acceptors (Lipinski definition) is 7. The lowest BCUT2D eigenvalue weighted by Gasteiger charge is -2.18. The average molecular weight is 277 g/mol. The van der Waals surface area contributed by atoms with Gasteiger partial charge in [0.15, 0.2) is 5.82 Å². The molecule has 2 heterocycles. The predicted octanol–water partition coefficient (Wildman–Crippen LogP) is 1.22. The standard InChI is InChI=1S/C13H19N5O2/c1-5-10-9(6-8(2)16-17-10)11-15-12(18-20-11)13(3,14)7-19-4/h6H,5,7,14H2,1-4H3. The second kappa shape index (κ2) is 5.64. The second-order valence-electron chi connectivity index (χ2n) is 4.97. The van der Waals surface area contributed by atoms with Crippen molar-refractivity contribution < 1.29 is 9.26 Å². The molecule has 0 aliphatic heterocycles. The minimum absolute atomic E-state index is 0.306. The van der Waals surface area contributed by atoms with Crippen LogP contribution in [0.15, 0.2) is 10.6 Å². The van der Waals surface area contributed by atoms with Crippen molar-refractivity contribution >= 4 is 0 Å². The van der Waals surface area contributed by atoms with Crippen LogP contribution in [0.3, 0.4) is 0 Å². The van der Waals surface area contributed by atoms with Crippen molar-refractivity contribution in [3.05, 3.63) is 23.3 Å². The van der Waals surface area contributed by atoms with Crippen LogP contribution in [-0.2, 0) is 16.7 Å². The van der Waals surface area contributed by atoms with Crippen LogP contribution in [0.4, 0.5) is 0 Å². The third-order valence-electron chi connectivity index (χ3n) is 2.94. The maximum absolute atomic E-state index is 6.10. The molecule has 0 fully saturated rings. The topological polar surface area (TPSA) is 100.0 Å². The lowest BCUT2D eigenvalue weighted by Crippen LogP contribution is -2.38. The van der Waals surface area contributed by atoms with Crippen molar-refractivity contribution in [1.82, 2.24) is 20.3 Å². The monoisotopic (exact) mass is 277 g/mol. The maximum Gasteiger partial charge on any atom is 0.259 e. The Morgan fingerprint density at radius 3 is 2.80 bits per heavy atom. The van der Waals surface area contributed by atoms with Crippen LogP contribution in [0.2, 0.25) is 0 Å². The fraction of sp³-hybridized carbons (Fsp3) is 0.538. The third-order valence-corrected chi connectivity index (χ3v) is 2.94. The van der Waals surface area contributed by atoms with Gasteiger partial charge in [-0.15, -0.1) is 0 Å². The molecule has 0 aliphatic rings. The summed E-state index contributed by atoms with van der Waals surface area (Å²) in [4.78, 5) is 4.37. The fourth-order valence-corrected chi connectivity index (χ4v) is 1.89. The van der Waals surface area contributed by atoms with E-state index in [9.17, 15) is 0 Å². The first-order valence-corrected chi connectivity index (χ1v) is 6.43. The van der Waals surface area contributed by atoms with E-state index < -0.39 is 5.54 Å². The predicted molar refractivity (Wildman–Crippen MR) is 72.9 cm³/mol. The Morgan fingerprint density at radius 1 is 1.40 bits per heavy atom. The van der Waals surface area contributed by atoms with E-state index in [1.165, 1.54) is 0 Å². The molecule has 0 spiro atoms. The Balaban J connectivity index is 2.41. The van der Waals surface area contributed by atoms with Gasteiger partial charge in [0.1, 0.15) is 5.54 Å². The second-order valence-corrected chi connectivity index (χ2v) is 4.97. The first-order valence-electron chi connectivity index (χ1n) is 6.43. The molecule has 2 rings (SSSR count). The van der Waals surface area contributed by atoms with Crippen molar-refractivity contribution in [1.29, 1.82) is 0 Å². The van der Waals surface area contributed by atoms with Gasteiger partial charge in [-0.2, -0.15) is 15.2 Å². The van der Waals surface area contributed by atoms with Gasteiger partial charge in [-0.1, -0.05) is 12.1 Å². The fourth-order valence-electron chi connectivity index (χ4n) is 1.89. The first kappa shape index (κ1) is 14.5. The molecule has 0 saturated carbocycles. The summed E-state index contributed by atoms with van der Waals surface area (Å²) in [6.07, 6.45) is 0.734. The maximum atomic E-state index is 6.10. The molecule has 7 heteroatoms. The minimum Gasteiger partial charge on any atom is -0.382 e. The van der Waals surface area contributed by atoms with Crippen LogP contribution in [0.1, 0.15) is 31.1 Å². The zero-order valence-electron chi connectivity index (χ0n) is 12.2. The molecule has 1 atom stereocenters. The number of hydrogen-bond donors (Lipinski definition) is 1. The number of methoxy groups -OCH3 is 1. The highest BCUT2D eigenvalue weighted by Gasteiger charge is 2.28. The number of rotatable bonds is 5. The highest BCUT2D eigenvalue weighted by molar-refractivity contribution is 5.56. The summed E-state index contributed by atoms with van der Waals surface area (Å²) in [6, 6.07) is 1.88. The molecule has 1 unspecified atom stereocenters. The quantitative estimate of drug-likeness (QED) is 0.876. The summed E-state index contributed by atoms with van der Waals surface area (Å²) in [6.45, 7) is 5.96. The van der Waals surface area contributed by atoms with Crippen LogP contribution in [0, 0.1) is 6.92 Å². The molecule has 0 aromatic carbocycles. The summed E-state index contributed by atoms with van der Waals surface area (Å²) < 4.78 is 10.4. The highest BCUT2D eigenvalue weighted by Crippen LogP contribution is 2.24. The SMILES string of the molecule is CCc1nnc(C)cc1-c1nc(C(C)(N)COC)no1. The zero-order chi connectivity index (χ0) is 14.8. The molecule has 7 nitrogen and oxygen atoms in total. The molecule has 0 bridgehead atoms. The van der Waals surface area contributed by atoms with Crippen molar-refractivity contribution in [3.63, 3.8) is 0 Å². The van der Waals surface area contributed by atoms with E-state index in [4.69, 9.17) is 15.0 Å². The molecule has 0 amide bonds. The summed E-state index contributed by atoms with van der Waals surface area (Å²) in [5.74, 6) is 0.813. The van der Waals surface area contributed by atoms with Crippen molar-refractivity contribution in [3.8, 4) is 11.5 Å². The highest BCUT2D eigenvalue weighted by atomic mass is 16.5. The van der Waals surface area contributed by atoms with Gasteiger partial charge in [0.2, 0.25) is 0 Å². The lowest BCUT2D eigenvalue weighted by atomic mass is 10.1. The Morgan fingerprint density at radius 2 is 2.15 bits per heavy atom. The van der Waals surface area contributed by atoms with Crippen LogP contribution in [0.25, 0.3) is 11.5 Å². The Labute approximate surface area is 117 Å². The lowest BCUT2D eigenvalue weighted by molar-refractivity contribution is 0.135. The number of nitrogens with two attached hydrogens (primary N) is 1. The first-order chi connectivity index (χ1) is 9.47. The van der Waals surface area contributed by atoms with Gasteiger partial charge in [-0.3, -0.25) is 0 Å². The molecule has 2 aromatic rings. The van der Waals surface area contributed by atoms with Crippen LogP contribution < -0.4 is 5.73 Å². The van der Waals surface area contributed by atoms with E-state index in [0.29, 0.717) is 18.3 Å². The van der Waals surface area contributed by atoms with Gasteiger partial charge in [0.25, 0.3) is 5.89 Å². The molecular formula is C13H19N5O2. The van der Waals surface area contributed by atoms with Crippen LogP contribution >= 0.6 is 0 Å². The van der Waals surface area contributed by atoms with Gasteiger partial charge in [0.05, 0.1) is 23.6 Å². The number of aryl methyl sites for hydroxylation is 2. The molecular weight excluding hydrogens is 258 g/mol. The van der Waals surface area contributed by atoms with Gasteiger partial charge in [-0.25, -0.2) is 0 Å². The van der Waals surface area contributed by atoms with Crippen LogP contribution in [0.5, 0.6) is 0 Å². The summed E-state index contributed by atoms with van der Waals surface area (Å²) in [5, 5.41) is 12.1. The summed E-state index contributed by atoms with van der Waals surface area (Å²) in [7, 11) is 1.58. The van der Waals surface area contributed by atoms with Gasteiger partial charge in [-0.05, 0) is 26.3 Å². The van der Waals surface area contributed by atoms with Crippen molar-refractivity contribution in [2.75, 3.05) is 13.7 Å². The largest absolute Gasteiger partial charge is 0.382 e. The van der Waals surface area contributed by atoms with Crippen LogP contribution in [-0.4, -0.2) is 34.1 Å². The van der Waals surface area contributed by atoms with Gasteiger partial charge >= 0.3 is 0 Å². The molecule has 2 N–H and O–H groups in total. The molecule has 20 heavy (non-hydrogen) atoms. The third kappa shape index (κ3) is 2.83. The van der Waals surface area contributed by atoms with Gasteiger partial charge < -0.3 is 15.0 Å². The van der Waals surface area contributed by atoms with Gasteiger partial charge in [0, 0.05) is 7.11 Å². The summed E-state index contributed by atoms with van der Waals surface area (Å²) >= 11 is 0. The molecule has 2 aromatic heterocycles. The average Bonchev–Trinajstić information content (AvgIpc) is 2.89. The zero-order valence-corrected chi connectivity index (χ0v) is 12.2. The number of aromatic nitrogens is 4. The normalized spacial score (nSPS) is 14.2. The van der Waals surface area contributed by atoms with E-state index in [2.05, 4.69) is 20.3 Å². The smallest absolute Gasteiger partial charge is 0.259 e. The number of ether oxygens (including phenoxy) is 1. The Kier molecular flexibility index (Phi) is 4.10. The van der Waals surface area contributed by atoms with E-state index in [-0.39, 0.29) is 0 Å². The van der Waals surface area contributed by atoms with Crippen molar-refractivity contribution in [2.24, 2.45) is 5.73 Å². The minimum atomic E-state index is -0.793. The molecule has 0 aliphatic carbocycles. The van der Waals surface area contributed by atoms with E-state index >= 15 is 0 Å². The molecule has 0 saturated heterocycles. The van der Waals surface area contributed by atoms with E-state index in [1.54, 1.807) is 14.0 Å². The Hall–Kier alpha value is -1.86. The number of nitrogens with zero attached hydrogens (tertiary/aromatic N) is 4. The van der Waals surface area contributed by atoms with E-state index in [1.807, 2.05) is 19.9 Å². The molecule has 108 valence electrons. The Bertz CT molecular complexity index is 594. The molecule has 0 radical (unpaired) electrons. The van der Waals surface area contributed by atoms with E-state index in [0.717, 1.165) is 23.4 Å².